The minimum absolute atomic E-state index is 0.0195. The van der Waals surface area contributed by atoms with E-state index in [1.54, 1.807) is 0 Å². The average Bonchev–Trinajstić information content (AvgIpc) is 3.21. The first kappa shape index (κ1) is 24.0. The zero-order valence-electron chi connectivity index (χ0n) is 18.9. The Morgan fingerprint density at radius 3 is 2.77 bits per heavy atom. The van der Waals surface area contributed by atoms with Gasteiger partial charge in [0.15, 0.2) is 21.8 Å². The van der Waals surface area contributed by atoms with E-state index >= 15 is 0 Å². The highest BCUT2D eigenvalue weighted by molar-refractivity contribution is 7.89. The number of sulfonamides is 1. The number of pyridine rings is 1. The number of carbonyl (C=O) groups is 1. The third-order valence-corrected chi connectivity index (χ3v) is 8.60. The number of halogens is 2. The Balaban J connectivity index is 1.63. The number of carbonyl (C=O) groups excluding carboxylic acids is 1. The van der Waals surface area contributed by atoms with Gasteiger partial charge in [-0.2, -0.15) is 0 Å². The number of nitrogens with one attached hydrogen (secondary N) is 2. The lowest BCUT2D eigenvalue weighted by atomic mass is 10.2. The zero-order valence-corrected chi connectivity index (χ0v) is 20.5. The van der Waals surface area contributed by atoms with E-state index in [4.69, 9.17) is 4.74 Å². The van der Waals surface area contributed by atoms with Gasteiger partial charge < -0.3 is 15.0 Å². The summed E-state index contributed by atoms with van der Waals surface area (Å²) in [5, 5.41) is 9.69. The Morgan fingerprint density at radius 2 is 2.11 bits per heavy atom. The van der Waals surface area contributed by atoms with Gasteiger partial charge in [0.05, 0.1) is 25.0 Å². The second kappa shape index (κ2) is 8.72. The molecule has 0 radical (unpaired) electrons. The largest absolute Gasteiger partial charge is 0.365 e. The highest BCUT2D eigenvalue weighted by Gasteiger charge is 2.41. The molecule has 1 atom stereocenters. The molecular formula is C20H23F2N7O4S2. The molecule has 2 fully saturated rings. The Kier molecular flexibility index (Phi) is 5.97. The quantitative estimate of drug-likeness (QED) is 0.474. The van der Waals surface area contributed by atoms with Crippen LogP contribution in [0.5, 0.6) is 0 Å². The number of aromatic nitrogens is 4. The fourth-order valence-corrected chi connectivity index (χ4v) is 6.06. The van der Waals surface area contributed by atoms with Crippen molar-refractivity contribution in [3.63, 3.8) is 0 Å². The lowest BCUT2D eigenvalue weighted by Crippen LogP contribution is -2.49. The minimum atomic E-state index is -3.92. The van der Waals surface area contributed by atoms with Gasteiger partial charge in [-0.3, -0.25) is 9.20 Å². The molecule has 4 heterocycles. The first-order valence-electron chi connectivity index (χ1n) is 10.9. The molecular weight excluding hydrogens is 504 g/mol. The minimum Gasteiger partial charge on any atom is -0.365 e. The monoisotopic (exact) mass is 527 g/mol. The van der Waals surface area contributed by atoms with Crippen LogP contribution in [0.2, 0.25) is 0 Å². The normalized spacial score (nSPS) is 19.9. The molecule has 1 saturated heterocycles. The smallest absolute Gasteiger partial charge is 0.291 e. The molecule has 11 nitrogen and oxygen atoms in total. The Hall–Kier alpha value is -2.75. The van der Waals surface area contributed by atoms with Gasteiger partial charge in [0.2, 0.25) is 10.0 Å². The molecule has 0 bridgehead atoms. The lowest BCUT2D eigenvalue weighted by molar-refractivity contribution is -0.132. The molecule has 2 aliphatic rings. The number of hydrogen-bond donors (Lipinski definition) is 2. The molecule has 3 aromatic rings. The molecule has 35 heavy (non-hydrogen) atoms. The third-order valence-electron chi connectivity index (χ3n) is 6.04. The molecule has 15 heteroatoms. The van der Waals surface area contributed by atoms with E-state index < -0.39 is 33.1 Å². The summed E-state index contributed by atoms with van der Waals surface area (Å²) in [6.45, 7) is 2.66. The predicted molar refractivity (Wildman–Crippen MR) is 123 cm³/mol. The molecule has 1 aliphatic heterocycles. The summed E-state index contributed by atoms with van der Waals surface area (Å²) in [4.78, 5) is 18.4. The first-order chi connectivity index (χ1) is 16.6. The van der Waals surface area contributed by atoms with Gasteiger partial charge in [0, 0.05) is 25.3 Å². The number of rotatable bonds is 7. The number of fused-ring (bicyclic) bond motifs is 1. The van der Waals surface area contributed by atoms with Crippen molar-refractivity contribution in [2.24, 2.45) is 0 Å². The number of morpholine rings is 1. The van der Waals surface area contributed by atoms with Crippen molar-refractivity contribution in [1.82, 2.24) is 29.6 Å². The maximum absolute atomic E-state index is 13.3. The van der Waals surface area contributed by atoms with Gasteiger partial charge in [-0.05, 0) is 25.8 Å². The van der Waals surface area contributed by atoms with Gasteiger partial charge >= 0.3 is 0 Å². The molecule has 1 amide bonds. The average molecular weight is 528 g/mol. The lowest BCUT2D eigenvalue weighted by Gasteiger charge is -2.34. The summed E-state index contributed by atoms with van der Waals surface area (Å²) in [6.07, 6.45) is 0.785. The topological polar surface area (TPSA) is 131 Å². The highest BCUT2D eigenvalue weighted by atomic mass is 32.2. The van der Waals surface area contributed by atoms with Crippen LogP contribution >= 0.6 is 11.3 Å². The van der Waals surface area contributed by atoms with Crippen molar-refractivity contribution in [2.45, 2.75) is 42.7 Å². The van der Waals surface area contributed by atoms with Gasteiger partial charge in [-0.15, -0.1) is 10.2 Å². The molecule has 188 valence electrons. The molecule has 0 unspecified atom stereocenters. The van der Waals surface area contributed by atoms with E-state index in [1.807, 2.05) is 11.8 Å². The number of alkyl halides is 2. The summed E-state index contributed by atoms with van der Waals surface area (Å²) in [6, 6.07) is 1.51. The molecule has 1 aliphatic carbocycles. The first-order valence-corrected chi connectivity index (χ1v) is 13.2. The number of anilines is 1. The molecule has 5 rings (SSSR count). The van der Waals surface area contributed by atoms with Crippen LogP contribution < -0.4 is 14.9 Å². The van der Waals surface area contributed by atoms with Crippen LogP contribution in [-0.4, -0.2) is 72.3 Å². The molecule has 2 N–H and O–H groups in total. The summed E-state index contributed by atoms with van der Waals surface area (Å²) >= 11 is 0.711. The number of ether oxygens (including phenoxy) is 1. The van der Waals surface area contributed by atoms with Crippen molar-refractivity contribution in [1.29, 1.82) is 0 Å². The van der Waals surface area contributed by atoms with Gasteiger partial charge in [0.1, 0.15) is 10.6 Å². The number of amides is 1. The predicted octanol–water partition coefficient (Wildman–Crippen LogP) is 1.57. The fourth-order valence-electron chi connectivity index (χ4n) is 3.87. The summed E-state index contributed by atoms with van der Waals surface area (Å²) in [7, 11) is -2.41. The summed E-state index contributed by atoms with van der Waals surface area (Å²) < 4.78 is 62.6. The van der Waals surface area contributed by atoms with Crippen molar-refractivity contribution < 1.29 is 26.7 Å². The van der Waals surface area contributed by atoms with E-state index in [0.717, 1.165) is 12.8 Å². The van der Waals surface area contributed by atoms with E-state index in [1.165, 1.54) is 29.9 Å². The van der Waals surface area contributed by atoms with Crippen LogP contribution in [0.15, 0.2) is 23.4 Å². The third kappa shape index (κ3) is 4.60. The van der Waals surface area contributed by atoms with Crippen LogP contribution in [-0.2, 0) is 19.6 Å². The van der Waals surface area contributed by atoms with E-state index in [9.17, 15) is 22.0 Å². The molecule has 1 saturated carbocycles. The standard InChI is InChI=1S/C20H23F2N7O4S2/c1-20(3-4-20)27-35(31,32)11-7-12(28-5-6-33-14(10-28)17(30)23-2)16-24-8-13(29(16)9-11)18-25-26-19(34-18)15(21)22/h7-9,14-15,27H,3-6,10H2,1-2H3,(H,23,30)/t14-/m1/s1. The van der Waals surface area contributed by atoms with Crippen molar-refractivity contribution in [2.75, 3.05) is 31.6 Å². The highest BCUT2D eigenvalue weighted by Crippen LogP contribution is 2.37. The van der Waals surface area contributed by atoms with Gasteiger partial charge in [-0.1, -0.05) is 11.3 Å². The second-order valence-electron chi connectivity index (χ2n) is 8.73. The summed E-state index contributed by atoms with van der Waals surface area (Å²) in [5.74, 6) is -0.296. The number of likely N-dealkylation sites (N-methyl/N-ethyl adjacent to an activating group) is 1. The maximum atomic E-state index is 13.3. The second-order valence-corrected chi connectivity index (χ2v) is 11.4. The number of hydrogen-bond acceptors (Lipinski definition) is 9. The van der Waals surface area contributed by atoms with Crippen LogP contribution in [0.25, 0.3) is 16.3 Å². The molecule has 0 spiro atoms. The fraction of sp³-hybridized carbons (Fsp3) is 0.500. The van der Waals surface area contributed by atoms with Crippen LogP contribution in [0.4, 0.5) is 14.5 Å². The van der Waals surface area contributed by atoms with Gasteiger partial charge in [0.25, 0.3) is 12.3 Å². The zero-order chi connectivity index (χ0) is 25.0. The van der Waals surface area contributed by atoms with Crippen LogP contribution in [0, 0.1) is 0 Å². The maximum Gasteiger partial charge on any atom is 0.291 e. The van der Waals surface area contributed by atoms with E-state index in [2.05, 4.69) is 25.2 Å². The molecule has 3 aromatic heterocycles. The molecule has 0 aromatic carbocycles. The Bertz CT molecular complexity index is 1390. The SMILES string of the molecule is CNC(=O)[C@H]1CN(c2cc(S(=O)(=O)NC3(C)CC3)cn3c(-c4nnc(C(F)F)s4)cnc23)CCO1. The van der Waals surface area contributed by atoms with Crippen molar-refractivity contribution >= 4 is 38.6 Å². The Morgan fingerprint density at radius 1 is 1.34 bits per heavy atom. The van der Waals surface area contributed by atoms with Crippen LogP contribution in [0.3, 0.4) is 0 Å². The van der Waals surface area contributed by atoms with Gasteiger partial charge in [-0.25, -0.2) is 26.9 Å². The Labute approximate surface area is 203 Å². The number of nitrogens with zero attached hydrogens (tertiary/aromatic N) is 5. The van der Waals surface area contributed by atoms with E-state index in [0.29, 0.717) is 34.9 Å². The van der Waals surface area contributed by atoms with Crippen molar-refractivity contribution in [3.05, 3.63) is 23.5 Å². The summed E-state index contributed by atoms with van der Waals surface area (Å²) in [5.41, 5.74) is 0.690. The van der Waals surface area contributed by atoms with Crippen LogP contribution in [0.1, 0.15) is 31.2 Å². The van der Waals surface area contributed by atoms with Crippen molar-refractivity contribution in [3.8, 4) is 10.7 Å². The van der Waals surface area contributed by atoms with E-state index in [-0.39, 0.29) is 29.0 Å². The number of imidazole rings is 1.